The normalized spacial score (nSPS) is 15.9. The minimum absolute atomic E-state index is 0. The molecule has 1 aromatic heterocycles. The molecule has 0 unspecified atom stereocenters. The molecule has 3 heterocycles. The number of aliphatic imine (C=N–C) groups is 1. The van der Waals surface area contributed by atoms with Gasteiger partial charge in [0.15, 0.2) is 0 Å². The summed E-state index contributed by atoms with van der Waals surface area (Å²) >= 11 is 1.47. The second-order valence-corrected chi connectivity index (χ2v) is 5.14. The monoisotopic (exact) mass is 308 g/mol. The average molecular weight is 309 g/mol. The highest BCUT2D eigenvalue weighted by molar-refractivity contribution is 8.07. The molecule has 1 aromatic rings. The number of rotatable bonds is 3. The Morgan fingerprint density at radius 2 is 2.20 bits per heavy atom. The number of thioether (sulfide) groups is 1. The number of hydrogen-bond donors (Lipinski definition) is 1. The van der Waals surface area contributed by atoms with Crippen LogP contribution < -0.4 is 5.32 Å². The molecule has 0 saturated carbocycles. The minimum atomic E-state index is -0.0582. The van der Waals surface area contributed by atoms with Crippen LogP contribution in [0.25, 0.3) is 0 Å². The Hall–Kier alpha value is -1.79. The van der Waals surface area contributed by atoms with Crippen molar-refractivity contribution in [3.05, 3.63) is 52.3 Å². The number of hydrogen-bond acceptors (Lipinski definition) is 5. The molecule has 0 aliphatic carbocycles. The summed E-state index contributed by atoms with van der Waals surface area (Å²) in [4.78, 5) is 22.8. The molecule has 0 aromatic carbocycles. The third kappa shape index (κ3) is 3.20. The molecule has 0 saturated heterocycles. The molecule has 3 rings (SSSR count). The van der Waals surface area contributed by atoms with Crippen LogP contribution in [-0.2, 0) is 11.3 Å². The van der Waals surface area contributed by atoms with Crippen molar-refractivity contribution in [3.63, 3.8) is 0 Å². The van der Waals surface area contributed by atoms with Gasteiger partial charge in [-0.05, 0) is 23.8 Å². The van der Waals surface area contributed by atoms with Crippen molar-refractivity contribution in [2.45, 2.75) is 6.54 Å². The molecule has 0 atom stereocenters. The van der Waals surface area contributed by atoms with Crippen molar-refractivity contribution in [1.29, 1.82) is 0 Å². The van der Waals surface area contributed by atoms with Crippen LogP contribution in [0.4, 0.5) is 0 Å². The van der Waals surface area contributed by atoms with E-state index in [4.69, 9.17) is 0 Å². The fraction of sp³-hybridized carbons (Fsp3) is 0.154. The predicted octanol–water partition coefficient (Wildman–Crippen LogP) is 1.89. The van der Waals surface area contributed by atoms with Crippen LogP contribution in [0.15, 0.2) is 51.7 Å². The summed E-state index contributed by atoms with van der Waals surface area (Å²) in [6.07, 6.45) is 8.95. The molecule has 2 aliphatic heterocycles. The highest BCUT2D eigenvalue weighted by Gasteiger charge is 2.24. The lowest BCUT2D eigenvalue weighted by molar-refractivity contribution is -0.117. The highest BCUT2D eigenvalue weighted by atomic mass is 35.5. The van der Waals surface area contributed by atoms with Gasteiger partial charge in [-0.1, -0.05) is 11.8 Å². The first-order chi connectivity index (χ1) is 9.33. The average Bonchev–Trinajstić information content (AvgIpc) is 2.90. The lowest BCUT2D eigenvalue weighted by Crippen LogP contribution is -2.23. The number of halogens is 1. The van der Waals surface area contributed by atoms with E-state index < -0.39 is 0 Å². The molecule has 0 radical (unpaired) electrons. The minimum Gasteiger partial charge on any atom is -0.347 e. The first kappa shape index (κ1) is 14.6. The van der Waals surface area contributed by atoms with Crippen molar-refractivity contribution in [2.24, 2.45) is 4.99 Å². The summed E-state index contributed by atoms with van der Waals surface area (Å²) in [7, 11) is 0. The fourth-order valence-electron chi connectivity index (χ4n) is 1.77. The third-order valence-electron chi connectivity index (χ3n) is 2.75. The number of nitrogens with one attached hydrogen (secondary N) is 1. The second kappa shape index (κ2) is 6.58. The van der Waals surface area contributed by atoms with Crippen molar-refractivity contribution >= 4 is 36.3 Å². The number of fused-ring (bicyclic) bond motifs is 1. The molecule has 7 heteroatoms. The molecule has 0 bridgehead atoms. The number of allylic oxidation sites excluding steroid dienone is 1. The van der Waals surface area contributed by atoms with E-state index in [0.717, 1.165) is 10.6 Å². The number of carbonyl (C=O) groups is 1. The largest absolute Gasteiger partial charge is 0.347 e. The van der Waals surface area contributed by atoms with Crippen LogP contribution in [0, 0.1) is 0 Å². The third-order valence-corrected chi connectivity index (χ3v) is 3.84. The van der Waals surface area contributed by atoms with Crippen LogP contribution in [0.1, 0.15) is 5.56 Å². The van der Waals surface area contributed by atoms with Gasteiger partial charge in [0.25, 0.3) is 5.91 Å². The Morgan fingerprint density at radius 3 is 2.95 bits per heavy atom. The van der Waals surface area contributed by atoms with Gasteiger partial charge in [-0.15, -0.1) is 12.4 Å². The van der Waals surface area contributed by atoms with E-state index in [-0.39, 0.29) is 18.3 Å². The van der Waals surface area contributed by atoms with Crippen LogP contribution in [0.3, 0.4) is 0 Å². The molecular formula is C13H13ClN4OS. The maximum absolute atomic E-state index is 12.1. The summed E-state index contributed by atoms with van der Waals surface area (Å²) < 4.78 is 0. The molecule has 0 fully saturated rings. The van der Waals surface area contributed by atoms with Crippen LogP contribution >= 0.6 is 24.2 Å². The van der Waals surface area contributed by atoms with Gasteiger partial charge in [-0.25, -0.2) is 0 Å². The van der Waals surface area contributed by atoms with Gasteiger partial charge in [0, 0.05) is 31.4 Å². The van der Waals surface area contributed by atoms with Gasteiger partial charge in [0.1, 0.15) is 6.67 Å². The molecule has 2 aliphatic rings. The molecule has 5 nitrogen and oxygen atoms in total. The zero-order valence-corrected chi connectivity index (χ0v) is 12.2. The smallest absolute Gasteiger partial charge is 0.259 e. The summed E-state index contributed by atoms with van der Waals surface area (Å²) in [5.41, 5.74) is 1.03. The zero-order chi connectivity index (χ0) is 13.1. The molecule has 1 N–H and O–H groups in total. The van der Waals surface area contributed by atoms with Gasteiger partial charge >= 0.3 is 0 Å². The summed E-state index contributed by atoms with van der Waals surface area (Å²) in [6, 6.07) is 3.77. The summed E-state index contributed by atoms with van der Waals surface area (Å²) in [5, 5.41) is 3.95. The highest BCUT2D eigenvalue weighted by Crippen LogP contribution is 2.36. The Kier molecular flexibility index (Phi) is 4.81. The lowest BCUT2D eigenvalue weighted by Gasteiger charge is -2.15. The quantitative estimate of drug-likeness (QED) is 0.926. The topological polar surface area (TPSA) is 57.6 Å². The number of carbonyl (C=O) groups excluding carboxylic acids is 1. The van der Waals surface area contributed by atoms with Crippen LogP contribution in [-0.4, -0.2) is 28.7 Å². The van der Waals surface area contributed by atoms with E-state index in [1.54, 1.807) is 18.6 Å². The van der Waals surface area contributed by atoms with Gasteiger partial charge in [0.05, 0.1) is 9.93 Å². The van der Waals surface area contributed by atoms with E-state index >= 15 is 0 Å². The van der Waals surface area contributed by atoms with E-state index in [2.05, 4.69) is 15.3 Å². The van der Waals surface area contributed by atoms with Crippen molar-refractivity contribution in [3.8, 4) is 0 Å². The van der Waals surface area contributed by atoms with Gasteiger partial charge in [-0.2, -0.15) is 0 Å². The van der Waals surface area contributed by atoms with E-state index in [9.17, 15) is 4.79 Å². The Labute approximate surface area is 127 Å². The first-order valence-electron chi connectivity index (χ1n) is 5.86. The second-order valence-electron chi connectivity index (χ2n) is 4.08. The van der Waals surface area contributed by atoms with Crippen molar-refractivity contribution < 1.29 is 4.79 Å². The fourth-order valence-corrected chi connectivity index (χ4v) is 2.70. The Bertz CT molecular complexity index is 585. The Balaban J connectivity index is 0.00000147. The Morgan fingerprint density at radius 1 is 1.40 bits per heavy atom. The molecule has 0 spiro atoms. The van der Waals surface area contributed by atoms with E-state index in [0.29, 0.717) is 18.1 Å². The van der Waals surface area contributed by atoms with Crippen molar-refractivity contribution in [2.75, 3.05) is 6.67 Å². The number of aromatic nitrogens is 1. The standard InChI is InChI=1S/C13H12N4OS.ClH/c18-13(16-7-10-1-4-14-5-2-10)11-8-17-9-15-6-3-12(17)19-11;/h1-6,8H,7,9H2,(H,16,18);1H. The van der Waals surface area contributed by atoms with Crippen LogP contribution in [0.5, 0.6) is 0 Å². The zero-order valence-electron chi connectivity index (χ0n) is 10.5. The molecule has 20 heavy (non-hydrogen) atoms. The van der Waals surface area contributed by atoms with Gasteiger partial charge < -0.3 is 10.2 Å². The number of pyridine rings is 1. The van der Waals surface area contributed by atoms with Crippen molar-refractivity contribution in [1.82, 2.24) is 15.2 Å². The summed E-state index contributed by atoms with van der Waals surface area (Å²) in [5.74, 6) is -0.0582. The summed E-state index contributed by atoms with van der Waals surface area (Å²) in [6.45, 7) is 1.09. The van der Waals surface area contributed by atoms with E-state index in [1.807, 2.05) is 29.3 Å². The van der Waals surface area contributed by atoms with Gasteiger partial charge in [0.2, 0.25) is 0 Å². The molecule has 104 valence electrons. The van der Waals surface area contributed by atoms with Crippen LogP contribution in [0.2, 0.25) is 0 Å². The first-order valence-corrected chi connectivity index (χ1v) is 6.68. The van der Waals surface area contributed by atoms with Gasteiger partial charge in [-0.3, -0.25) is 14.8 Å². The molecule has 1 amide bonds. The predicted molar refractivity (Wildman–Crippen MR) is 82.3 cm³/mol. The number of amides is 1. The maximum atomic E-state index is 12.1. The number of nitrogens with zero attached hydrogens (tertiary/aromatic N) is 3. The molecular weight excluding hydrogens is 296 g/mol. The SMILES string of the molecule is Cl.O=C(NCc1ccncc1)C1=CN2CN=CC=C2S1. The maximum Gasteiger partial charge on any atom is 0.259 e. The van der Waals surface area contributed by atoms with E-state index in [1.165, 1.54) is 11.8 Å². The lowest BCUT2D eigenvalue weighted by atomic mass is 10.3.